The summed E-state index contributed by atoms with van der Waals surface area (Å²) in [5, 5.41) is 3.77. The van der Waals surface area contributed by atoms with Crippen molar-refractivity contribution in [1.82, 2.24) is 5.32 Å². The van der Waals surface area contributed by atoms with E-state index in [9.17, 15) is 0 Å². The molecule has 1 aliphatic carbocycles. The van der Waals surface area contributed by atoms with Gasteiger partial charge in [-0.2, -0.15) is 0 Å². The summed E-state index contributed by atoms with van der Waals surface area (Å²) >= 11 is 0. The minimum Gasteiger partial charge on any atom is -0.496 e. The number of rotatable bonds is 4. The van der Waals surface area contributed by atoms with Crippen LogP contribution in [-0.2, 0) is 11.2 Å². The Morgan fingerprint density at radius 2 is 1.84 bits per heavy atom. The summed E-state index contributed by atoms with van der Waals surface area (Å²) in [6.07, 6.45) is 2.26. The summed E-state index contributed by atoms with van der Waals surface area (Å²) in [6, 6.07) is 17.7. The number of hydrogen-bond acceptors (Lipinski definition) is 3. The zero-order valence-electron chi connectivity index (χ0n) is 14.8. The van der Waals surface area contributed by atoms with Gasteiger partial charge < -0.3 is 14.8 Å². The van der Waals surface area contributed by atoms with Crippen LogP contribution in [0, 0.1) is 5.92 Å². The Bertz CT molecular complexity index is 706. The van der Waals surface area contributed by atoms with Crippen LogP contribution in [0.5, 0.6) is 5.75 Å². The fourth-order valence-electron chi connectivity index (χ4n) is 4.61. The van der Waals surface area contributed by atoms with Crippen LogP contribution in [0.3, 0.4) is 0 Å². The molecule has 1 N–H and O–H groups in total. The number of nitrogens with one attached hydrogen (secondary N) is 1. The van der Waals surface area contributed by atoms with E-state index in [1.54, 1.807) is 7.11 Å². The monoisotopic (exact) mass is 359 g/mol. The van der Waals surface area contributed by atoms with Crippen molar-refractivity contribution in [2.24, 2.45) is 5.92 Å². The number of fused-ring (bicyclic) bond motifs is 3. The Morgan fingerprint density at radius 3 is 2.56 bits per heavy atom. The van der Waals surface area contributed by atoms with E-state index in [-0.39, 0.29) is 18.5 Å². The lowest BCUT2D eigenvalue weighted by Crippen LogP contribution is -2.32. The second-order valence-electron chi connectivity index (χ2n) is 6.90. The van der Waals surface area contributed by atoms with Crippen molar-refractivity contribution in [1.29, 1.82) is 0 Å². The lowest BCUT2D eigenvalue weighted by molar-refractivity contribution is 0.0634. The highest BCUT2D eigenvalue weighted by atomic mass is 35.5. The van der Waals surface area contributed by atoms with Crippen molar-refractivity contribution in [2.45, 2.75) is 30.9 Å². The normalized spacial score (nSPS) is 27.1. The first-order valence-electron chi connectivity index (χ1n) is 8.78. The molecule has 1 saturated heterocycles. The average Bonchev–Trinajstić information content (AvgIpc) is 3.04. The Hall–Kier alpha value is -1.55. The summed E-state index contributed by atoms with van der Waals surface area (Å²) < 4.78 is 11.5. The molecule has 0 bridgehead atoms. The first-order valence-corrected chi connectivity index (χ1v) is 8.78. The van der Waals surface area contributed by atoms with Crippen molar-refractivity contribution >= 4 is 12.4 Å². The molecule has 4 unspecified atom stereocenters. The van der Waals surface area contributed by atoms with Crippen molar-refractivity contribution in [3.63, 3.8) is 0 Å². The van der Waals surface area contributed by atoms with Crippen molar-refractivity contribution in [3.8, 4) is 5.75 Å². The molecule has 2 aromatic carbocycles. The molecule has 1 heterocycles. The number of methoxy groups -OCH3 is 2. The molecule has 2 aromatic rings. The number of hydrogen-bond donors (Lipinski definition) is 1. The topological polar surface area (TPSA) is 30.5 Å². The van der Waals surface area contributed by atoms with Crippen molar-refractivity contribution < 1.29 is 9.47 Å². The third-order valence-corrected chi connectivity index (χ3v) is 5.74. The molecule has 3 nitrogen and oxygen atoms in total. The minimum atomic E-state index is 0. The van der Waals surface area contributed by atoms with Crippen LogP contribution in [0.4, 0.5) is 0 Å². The van der Waals surface area contributed by atoms with Gasteiger partial charge in [0.2, 0.25) is 0 Å². The predicted molar refractivity (Wildman–Crippen MR) is 103 cm³/mol. The van der Waals surface area contributed by atoms with Crippen molar-refractivity contribution in [2.75, 3.05) is 20.8 Å². The van der Waals surface area contributed by atoms with Gasteiger partial charge in [-0.05, 0) is 36.0 Å². The van der Waals surface area contributed by atoms with E-state index < -0.39 is 0 Å². The molecular formula is C21H26ClNO2. The molecule has 0 saturated carbocycles. The molecule has 4 atom stereocenters. The van der Waals surface area contributed by atoms with Crippen molar-refractivity contribution in [3.05, 3.63) is 65.2 Å². The quantitative estimate of drug-likeness (QED) is 0.890. The number of ether oxygens (including phenoxy) is 2. The summed E-state index contributed by atoms with van der Waals surface area (Å²) in [4.78, 5) is 0. The number of benzene rings is 2. The lowest BCUT2D eigenvalue weighted by atomic mass is 9.72. The first kappa shape index (κ1) is 18.2. The Balaban J connectivity index is 0.00000182. The van der Waals surface area contributed by atoms with Gasteiger partial charge in [0, 0.05) is 31.2 Å². The van der Waals surface area contributed by atoms with E-state index in [1.165, 1.54) is 16.7 Å². The second-order valence-corrected chi connectivity index (χ2v) is 6.90. The molecular weight excluding hydrogens is 334 g/mol. The Kier molecular flexibility index (Phi) is 5.67. The fraction of sp³-hybridized carbons (Fsp3) is 0.429. The van der Waals surface area contributed by atoms with Gasteiger partial charge in [0.1, 0.15) is 5.75 Å². The van der Waals surface area contributed by atoms with Gasteiger partial charge >= 0.3 is 0 Å². The maximum absolute atomic E-state index is 5.86. The molecule has 1 aliphatic heterocycles. The zero-order chi connectivity index (χ0) is 16.5. The smallest absolute Gasteiger partial charge is 0.124 e. The van der Waals surface area contributed by atoms with E-state index in [2.05, 4.69) is 53.8 Å². The molecule has 4 rings (SSSR count). The summed E-state index contributed by atoms with van der Waals surface area (Å²) in [5.74, 6) is 2.12. The van der Waals surface area contributed by atoms with Crippen LogP contribution in [-0.4, -0.2) is 26.8 Å². The van der Waals surface area contributed by atoms with Crippen LogP contribution < -0.4 is 10.1 Å². The molecule has 0 spiro atoms. The third-order valence-electron chi connectivity index (χ3n) is 5.74. The Labute approximate surface area is 156 Å². The second kappa shape index (κ2) is 7.77. The van der Waals surface area contributed by atoms with Crippen LogP contribution in [0.15, 0.2) is 48.5 Å². The van der Waals surface area contributed by atoms with Gasteiger partial charge in [-0.25, -0.2) is 0 Å². The summed E-state index contributed by atoms with van der Waals surface area (Å²) in [5.41, 5.74) is 4.06. The van der Waals surface area contributed by atoms with E-state index in [4.69, 9.17) is 9.47 Å². The van der Waals surface area contributed by atoms with E-state index in [0.717, 1.165) is 25.1 Å². The molecule has 0 radical (unpaired) electrons. The molecule has 0 aromatic heterocycles. The largest absolute Gasteiger partial charge is 0.496 e. The highest BCUT2D eigenvalue weighted by molar-refractivity contribution is 5.85. The Morgan fingerprint density at radius 1 is 1.04 bits per heavy atom. The van der Waals surface area contributed by atoms with Gasteiger partial charge in [-0.1, -0.05) is 42.5 Å². The standard InChI is InChI=1S/C21H25NO2.ClH/c1-23-19-10-6-9-15-17-13-22-18(11-14-7-4-3-5-8-14)16(17)12-20(24-2)21(15)19;/h3-10,16-18,20,22H,11-13H2,1-2H3;1H. The van der Waals surface area contributed by atoms with Crippen LogP contribution in [0.1, 0.15) is 35.1 Å². The molecule has 0 amide bonds. The highest BCUT2D eigenvalue weighted by Gasteiger charge is 2.44. The fourth-order valence-corrected chi connectivity index (χ4v) is 4.61. The zero-order valence-corrected chi connectivity index (χ0v) is 15.6. The van der Waals surface area contributed by atoms with E-state index >= 15 is 0 Å². The summed E-state index contributed by atoms with van der Waals surface area (Å²) in [6.45, 7) is 1.04. The van der Waals surface area contributed by atoms with Gasteiger partial charge in [0.15, 0.2) is 0 Å². The SMILES string of the molecule is COc1cccc2c1C(OC)CC1C(Cc3ccccc3)NCC21.Cl. The minimum absolute atomic E-state index is 0. The van der Waals surface area contributed by atoms with Gasteiger partial charge in [-0.3, -0.25) is 0 Å². The maximum Gasteiger partial charge on any atom is 0.124 e. The summed E-state index contributed by atoms with van der Waals surface area (Å²) in [7, 11) is 3.56. The molecule has 134 valence electrons. The van der Waals surface area contributed by atoms with Crippen LogP contribution >= 0.6 is 12.4 Å². The van der Waals surface area contributed by atoms with E-state index in [1.807, 2.05) is 7.11 Å². The highest BCUT2D eigenvalue weighted by Crippen LogP contribution is 2.49. The predicted octanol–water partition coefficient (Wildman–Crippen LogP) is 4.12. The molecule has 1 fully saturated rings. The first-order chi connectivity index (χ1) is 11.8. The maximum atomic E-state index is 5.86. The number of halogens is 1. The van der Waals surface area contributed by atoms with E-state index in [0.29, 0.717) is 17.9 Å². The van der Waals surface area contributed by atoms with Crippen LogP contribution in [0.25, 0.3) is 0 Å². The molecule has 4 heteroatoms. The van der Waals surface area contributed by atoms with Gasteiger partial charge in [0.05, 0.1) is 13.2 Å². The average molecular weight is 360 g/mol. The third kappa shape index (κ3) is 3.29. The van der Waals surface area contributed by atoms with Gasteiger partial charge in [0.25, 0.3) is 0 Å². The molecule has 2 aliphatic rings. The molecule has 25 heavy (non-hydrogen) atoms. The lowest BCUT2D eigenvalue weighted by Gasteiger charge is -2.36. The van der Waals surface area contributed by atoms with Crippen LogP contribution in [0.2, 0.25) is 0 Å². The van der Waals surface area contributed by atoms with Gasteiger partial charge in [-0.15, -0.1) is 12.4 Å².